The molecule has 2 rings (SSSR count). The number of ether oxygens (including phenoxy) is 1. The first-order valence-corrected chi connectivity index (χ1v) is 9.18. The van der Waals surface area contributed by atoms with E-state index in [9.17, 15) is 8.42 Å². The van der Waals surface area contributed by atoms with E-state index in [4.69, 9.17) is 4.74 Å². The molecular weight excluding hydrogens is 334 g/mol. The van der Waals surface area contributed by atoms with Gasteiger partial charge in [-0.15, -0.1) is 0 Å². The molecule has 0 bridgehead atoms. The van der Waals surface area contributed by atoms with Crippen molar-refractivity contribution < 1.29 is 13.2 Å². The van der Waals surface area contributed by atoms with Crippen molar-refractivity contribution >= 4 is 10.0 Å². The number of sulfonamides is 1. The maximum absolute atomic E-state index is 12.5. The third-order valence-electron chi connectivity index (χ3n) is 3.39. The van der Waals surface area contributed by atoms with Gasteiger partial charge in [0.2, 0.25) is 0 Å². The minimum Gasteiger partial charge on any atom is -0.488 e. The molecule has 0 spiro atoms. The van der Waals surface area contributed by atoms with E-state index >= 15 is 0 Å². The lowest BCUT2D eigenvalue weighted by atomic mass is 10.2. The van der Waals surface area contributed by atoms with Gasteiger partial charge in [-0.05, 0) is 49.6 Å². The normalized spacial score (nSPS) is 10.5. The van der Waals surface area contributed by atoms with Gasteiger partial charge in [-0.1, -0.05) is 36.4 Å². The quantitative estimate of drug-likeness (QED) is 0.468. The molecule has 0 saturated carbocycles. The molecule has 0 atom stereocenters. The average molecular weight is 355 g/mol. The van der Waals surface area contributed by atoms with Crippen molar-refractivity contribution in [3.05, 3.63) is 71.8 Å². The fraction of sp³-hybridized carbons (Fsp3) is 0.200. The maximum atomic E-state index is 12.5. The number of aryl methyl sites for hydroxylation is 1. The highest BCUT2D eigenvalue weighted by atomic mass is 32.2. The monoisotopic (exact) mass is 355 g/mol. The van der Waals surface area contributed by atoms with E-state index in [0.717, 1.165) is 15.4 Å². The summed E-state index contributed by atoms with van der Waals surface area (Å²) in [5.74, 6) is 3.46. The standard InChI is InChI=1S/C20H21NO3S/c1-16(2)15-24-20-8-6-5-7-18(20)13-14-21(4)25(22,23)19-11-9-17(3)10-12-19/h5-12H,1,15H2,2-4H3. The van der Waals surface area contributed by atoms with Crippen molar-refractivity contribution in [2.75, 3.05) is 13.7 Å². The molecule has 0 saturated heterocycles. The average Bonchev–Trinajstić information content (AvgIpc) is 2.58. The lowest BCUT2D eigenvalue weighted by Crippen LogP contribution is -2.22. The molecule has 4 nitrogen and oxygen atoms in total. The number of nitrogens with zero attached hydrogens (tertiary/aromatic N) is 1. The van der Waals surface area contributed by atoms with Gasteiger partial charge in [0, 0.05) is 13.1 Å². The van der Waals surface area contributed by atoms with Crippen LogP contribution >= 0.6 is 0 Å². The van der Waals surface area contributed by atoms with E-state index in [1.807, 2.05) is 26.0 Å². The zero-order chi connectivity index (χ0) is 18.4. The maximum Gasteiger partial charge on any atom is 0.270 e. The Balaban J connectivity index is 2.25. The van der Waals surface area contributed by atoms with Crippen LogP contribution in [0.4, 0.5) is 0 Å². The van der Waals surface area contributed by atoms with Gasteiger partial charge in [-0.3, -0.25) is 0 Å². The lowest BCUT2D eigenvalue weighted by Gasteiger charge is -2.12. The molecule has 0 amide bonds. The highest BCUT2D eigenvalue weighted by Crippen LogP contribution is 2.18. The number of hydrogen-bond acceptors (Lipinski definition) is 3. The molecule has 0 aliphatic carbocycles. The molecule has 0 radical (unpaired) electrons. The number of hydrogen-bond donors (Lipinski definition) is 0. The predicted molar refractivity (Wildman–Crippen MR) is 99.8 cm³/mol. The summed E-state index contributed by atoms with van der Waals surface area (Å²) in [6, 6.07) is 16.6. The van der Waals surface area contributed by atoms with Gasteiger partial charge in [0.15, 0.2) is 0 Å². The minimum absolute atomic E-state index is 0.210. The van der Waals surface area contributed by atoms with Crippen LogP contribution in [0.15, 0.2) is 65.6 Å². The van der Waals surface area contributed by atoms with E-state index in [1.165, 1.54) is 7.05 Å². The second-order valence-corrected chi connectivity index (χ2v) is 7.73. The van der Waals surface area contributed by atoms with Gasteiger partial charge in [-0.25, -0.2) is 12.7 Å². The van der Waals surface area contributed by atoms with Crippen LogP contribution in [0.3, 0.4) is 0 Å². The molecule has 2 aromatic carbocycles. The molecule has 0 aliphatic heterocycles. The Bertz CT molecular complexity index is 919. The van der Waals surface area contributed by atoms with Crippen molar-refractivity contribution in [2.24, 2.45) is 0 Å². The summed E-state index contributed by atoms with van der Waals surface area (Å²) in [6.45, 7) is 7.96. The Morgan fingerprint density at radius 3 is 2.44 bits per heavy atom. The van der Waals surface area contributed by atoms with E-state index in [1.54, 1.807) is 36.4 Å². The second kappa shape index (κ2) is 7.91. The largest absolute Gasteiger partial charge is 0.488 e. The minimum atomic E-state index is -3.66. The van der Waals surface area contributed by atoms with Crippen LogP contribution in [0, 0.1) is 18.9 Å². The Kier molecular flexibility index (Phi) is 5.89. The number of para-hydroxylation sites is 1. The zero-order valence-corrected chi connectivity index (χ0v) is 15.4. The van der Waals surface area contributed by atoms with Crippen LogP contribution in [0.1, 0.15) is 18.1 Å². The SMILES string of the molecule is C=C(C)COc1ccccc1C#CN(C)S(=O)(=O)c1ccc(C)cc1. The van der Waals surface area contributed by atoms with E-state index in [0.29, 0.717) is 17.9 Å². The highest BCUT2D eigenvalue weighted by Gasteiger charge is 2.18. The molecule has 0 aromatic heterocycles. The topological polar surface area (TPSA) is 46.6 Å². The second-order valence-electron chi connectivity index (χ2n) is 5.76. The summed E-state index contributed by atoms with van der Waals surface area (Å²) in [5.41, 5.74) is 2.51. The van der Waals surface area contributed by atoms with Gasteiger partial charge < -0.3 is 4.74 Å². The first-order chi connectivity index (χ1) is 11.8. The van der Waals surface area contributed by atoms with Crippen LogP contribution in [0.25, 0.3) is 0 Å². The third-order valence-corrected chi connectivity index (χ3v) is 5.07. The van der Waals surface area contributed by atoms with Crippen molar-refractivity contribution in [2.45, 2.75) is 18.7 Å². The van der Waals surface area contributed by atoms with E-state index in [2.05, 4.69) is 18.5 Å². The molecule has 2 aromatic rings. The smallest absolute Gasteiger partial charge is 0.270 e. The van der Waals surface area contributed by atoms with Gasteiger partial charge in [-0.2, -0.15) is 0 Å². The Hall–Kier alpha value is -2.71. The van der Waals surface area contributed by atoms with Crippen LogP contribution < -0.4 is 4.74 Å². The Labute approximate surface area is 149 Å². The molecular formula is C20H21NO3S. The van der Waals surface area contributed by atoms with Crippen LogP contribution in [0.2, 0.25) is 0 Å². The summed E-state index contributed by atoms with van der Waals surface area (Å²) >= 11 is 0. The van der Waals surface area contributed by atoms with Gasteiger partial charge in [0.25, 0.3) is 10.0 Å². The first-order valence-electron chi connectivity index (χ1n) is 7.74. The number of benzene rings is 2. The number of rotatable bonds is 5. The molecule has 0 heterocycles. The van der Waals surface area contributed by atoms with Gasteiger partial charge in [0.1, 0.15) is 12.4 Å². The molecule has 0 N–H and O–H groups in total. The fourth-order valence-corrected chi connectivity index (χ4v) is 2.93. The summed E-state index contributed by atoms with van der Waals surface area (Å²) in [7, 11) is -2.23. The lowest BCUT2D eigenvalue weighted by molar-refractivity contribution is 0.352. The molecule has 0 unspecified atom stereocenters. The summed E-state index contributed by atoms with van der Waals surface area (Å²) in [4.78, 5) is 0.210. The molecule has 5 heteroatoms. The van der Waals surface area contributed by atoms with Crippen LogP contribution in [0.5, 0.6) is 5.75 Å². The Morgan fingerprint density at radius 1 is 1.16 bits per heavy atom. The summed E-state index contributed by atoms with van der Waals surface area (Å²) < 4.78 is 31.8. The van der Waals surface area contributed by atoms with Gasteiger partial charge >= 0.3 is 0 Å². The summed E-state index contributed by atoms with van der Waals surface area (Å²) in [5, 5.41) is 0. The van der Waals surface area contributed by atoms with E-state index in [-0.39, 0.29) is 4.90 Å². The van der Waals surface area contributed by atoms with Crippen LogP contribution in [-0.2, 0) is 10.0 Å². The zero-order valence-electron chi connectivity index (χ0n) is 14.6. The Morgan fingerprint density at radius 2 is 1.80 bits per heavy atom. The van der Waals surface area contributed by atoms with E-state index < -0.39 is 10.0 Å². The third kappa shape index (κ3) is 4.88. The van der Waals surface area contributed by atoms with Gasteiger partial charge in [0.05, 0.1) is 10.5 Å². The van der Waals surface area contributed by atoms with Crippen molar-refractivity contribution in [1.29, 1.82) is 0 Å². The fourth-order valence-electron chi connectivity index (χ4n) is 1.96. The van der Waals surface area contributed by atoms with Crippen molar-refractivity contribution in [1.82, 2.24) is 4.31 Å². The summed E-state index contributed by atoms with van der Waals surface area (Å²) in [6.07, 6.45) is 0. The predicted octanol–water partition coefficient (Wildman–Crippen LogP) is 3.58. The first kappa shape index (κ1) is 18.6. The molecule has 0 fully saturated rings. The van der Waals surface area contributed by atoms with Crippen molar-refractivity contribution in [3.8, 4) is 17.7 Å². The molecule has 25 heavy (non-hydrogen) atoms. The highest BCUT2D eigenvalue weighted by molar-refractivity contribution is 7.89. The van der Waals surface area contributed by atoms with Crippen LogP contribution in [-0.4, -0.2) is 26.4 Å². The molecule has 0 aliphatic rings. The molecule has 130 valence electrons. The van der Waals surface area contributed by atoms with Crippen molar-refractivity contribution in [3.63, 3.8) is 0 Å².